The summed E-state index contributed by atoms with van der Waals surface area (Å²) in [4.78, 5) is 76.1. The van der Waals surface area contributed by atoms with Gasteiger partial charge in [-0.15, -0.1) is 0 Å². The van der Waals surface area contributed by atoms with Gasteiger partial charge in [-0.3, -0.25) is 41.6 Å². The molecule has 5 aliphatic rings. The highest BCUT2D eigenvalue weighted by Gasteiger charge is 2.30. The molecule has 8 bridgehead atoms. The number of aliphatic hydroxyl groups is 7. The summed E-state index contributed by atoms with van der Waals surface area (Å²) < 4.78 is 17.0. The smallest absolute Gasteiger partial charge is 0.338 e. The lowest BCUT2D eigenvalue weighted by Crippen LogP contribution is -2.54. The lowest BCUT2D eigenvalue weighted by molar-refractivity contribution is -0.671. The first-order chi connectivity index (χ1) is 66.6. The number of aromatic nitrogens is 5. The molecule has 0 saturated carbocycles. The van der Waals surface area contributed by atoms with Crippen LogP contribution in [0.3, 0.4) is 0 Å². The number of para-hydroxylation sites is 4. The van der Waals surface area contributed by atoms with Crippen LogP contribution >= 0.6 is 0 Å². The van der Waals surface area contributed by atoms with E-state index in [1.165, 1.54) is 6.07 Å². The summed E-state index contributed by atoms with van der Waals surface area (Å²) in [7, 11) is 5.87. The van der Waals surface area contributed by atoms with Crippen LogP contribution in [0.15, 0.2) is 316 Å². The fourth-order valence-corrected chi connectivity index (χ4v) is 16.4. The molecule has 0 unspecified atom stereocenters. The van der Waals surface area contributed by atoms with Gasteiger partial charge in [-0.25, -0.2) is 54.0 Å². The topological polar surface area (TPSA) is 491 Å². The van der Waals surface area contributed by atoms with Crippen molar-refractivity contribution in [1.82, 2.24) is 35.8 Å². The van der Waals surface area contributed by atoms with Crippen molar-refractivity contribution in [3.63, 3.8) is 0 Å². The standard InChI is InChI=1S/C104H109N23O10/c1-125-52-40-65(41-53-125)93-79-32-34-81(119-79)94(66-42-54-126(2)55-43-66)83-36-38-85(121-83)96(86-39-37-84(122-86)95(82-35-33-80(93)120-82)67-44-56-127(3)57-45-67)68-58-69(136-63-91(130)123-87(30-20-50-113-103(105)106)99(132)115-61-89(128)109-46-16-4-6-18-48-111-101(134)97-71-22-8-12-26-75(71)117-76-27-13-9-23-72(76)97)60-70(59-68)137-64-92(131)124-88(31-21-51-114-104(107)108)100(133)116-62-90(129)110-47-17-5-7-19-49-112-102(135)98-73-24-10-14-28-77(73)118-78-29-15-11-25-74(78)98/h8-15,22-29,32-45,52-60,87-88H,4-7,16-21,30-31,46-51,61-64H2,1-3H3,(H15-2,105,106,107,108,109,110,111,112,113,114,115,116,119,120,121,122,123,124,128,129,130,131,132,133,134,135)/p+3/t87-,88-/m0/s1. The van der Waals surface area contributed by atoms with Crippen LogP contribution in [0.2, 0.25) is 0 Å². The van der Waals surface area contributed by atoms with E-state index in [0.717, 1.165) is 103 Å². The van der Waals surface area contributed by atoms with Crippen LogP contribution < -0.4 is 51.4 Å². The molecule has 18 N–H and O–H groups in total. The number of benzene rings is 5. The van der Waals surface area contributed by atoms with Crippen molar-refractivity contribution in [2.45, 2.75) is 89.1 Å². The number of aromatic amines is 1. The Morgan fingerprint density at radius 1 is 0.460 bits per heavy atom. The number of hydrogen-bond donors (Lipinski definition) is 15. The molecule has 137 heavy (non-hydrogen) atoms. The number of allylic oxidation sites excluding steroid dienone is 11. The van der Waals surface area contributed by atoms with E-state index >= 15 is 0 Å². The van der Waals surface area contributed by atoms with Crippen LogP contribution in [0.25, 0.3) is 60.3 Å². The Labute approximate surface area is 791 Å². The Kier molecular flexibility index (Phi) is 31.7. The van der Waals surface area contributed by atoms with Gasteiger partial charge in [-0.1, -0.05) is 98.5 Å². The molecule has 5 aromatic carbocycles. The molecule has 0 saturated heterocycles. The number of carbonyl (C=O) groups is 1. The molecule has 700 valence electrons. The molecule has 10 aromatic rings. The van der Waals surface area contributed by atoms with Gasteiger partial charge in [0.05, 0.1) is 74.0 Å². The van der Waals surface area contributed by atoms with E-state index in [9.17, 15) is 40.5 Å². The lowest BCUT2D eigenvalue weighted by Gasteiger charge is -2.17. The second-order valence-electron chi connectivity index (χ2n) is 33.4. The highest BCUT2D eigenvalue weighted by molar-refractivity contribution is 6.37. The van der Waals surface area contributed by atoms with Gasteiger partial charge in [0.2, 0.25) is 41.3 Å². The van der Waals surface area contributed by atoms with Gasteiger partial charge >= 0.3 is 5.96 Å². The number of rotatable bonds is 41. The van der Waals surface area contributed by atoms with E-state index in [0.29, 0.717) is 113 Å². The van der Waals surface area contributed by atoms with Crippen molar-refractivity contribution in [1.29, 1.82) is 5.41 Å². The molecule has 0 fully saturated rings. The summed E-state index contributed by atoms with van der Waals surface area (Å²) in [5.41, 5.74) is 26.6. The third-order valence-electron chi connectivity index (χ3n) is 23.2. The second kappa shape index (κ2) is 45.7. The summed E-state index contributed by atoms with van der Waals surface area (Å²) in [6, 6.07) is 45.3. The van der Waals surface area contributed by atoms with Crippen LogP contribution in [0, 0.1) is 5.41 Å². The van der Waals surface area contributed by atoms with Crippen molar-refractivity contribution in [2.75, 3.05) is 72.6 Å². The summed E-state index contributed by atoms with van der Waals surface area (Å²) in [6.45, 7) is -0.106. The molecule has 33 heteroatoms. The Morgan fingerprint density at radius 2 is 0.869 bits per heavy atom. The monoisotopic (exact) mass is 1840 g/mol. The molecule has 5 aliphatic heterocycles. The van der Waals surface area contributed by atoms with Crippen molar-refractivity contribution in [3.8, 4) is 11.5 Å². The van der Waals surface area contributed by atoms with E-state index in [1.54, 1.807) is 12.1 Å². The molecule has 5 aromatic heterocycles. The number of hydrogen-bond acceptors (Lipinski definition) is 17. The zero-order valence-electron chi connectivity index (χ0n) is 76.5. The predicted octanol–water partition coefficient (Wildman–Crippen LogP) is 12.8. The highest BCUT2D eigenvalue weighted by Crippen LogP contribution is 2.41. The molecule has 15 rings (SSSR count). The molecule has 0 radical (unpaired) electrons. The first-order valence-electron chi connectivity index (χ1n) is 45.7. The molecular weight excluding hydrogens is 1730 g/mol. The van der Waals surface area contributed by atoms with Gasteiger partial charge in [0.15, 0.2) is 44.0 Å². The first kappa shape index (κ1) is 95.0. The Bertz CT molecular complexity index is 6730. The SMILES string of the molecule is CN1C=CC(=C2C3=NC(=C(c4cc[n+](C)cc4)C4=NC(=C(c5cc[n+](C)cc5)c5ccc([nH]5)C(c5cc(OCC(O)=N[C@@H](CCCNC(=N)N)C(O)=NCC(O)=NCCCCCCNC(=O)c6c7ccccc7nc7ccccc67)cc(OCC(O)=N[C@@H](CCCNC(N)=[NH2+])C(O)=NCC(O)=NCCCCCCN=C(O)c6c7ccccc7nc7ccccc67)c5)=C5C=CC2=N5)C=C4)C=C3)C=C1. The van der Waals surface area contributed by atoms with Gasteiger partial charge in [-0.05, 0) is 171 Å². The van der Waals surface area contributed by atoms with Crippen molar-refractivity contribution in [3.05, 3.63) is 305 Å². The average molecular weight is 1840 g/mol. The Morgan fingerprint density at radius 3 is 1.34 bits per heavy atom. The summed E-state index contributed by atoms with van der Waals surface area (Å²) >= 11 is 0. The predicted molar refractivity (Wildman–Crippen MR) is 542 cm³/mol. The average Bonchev–Trinajstić information content (AvgIpc) is 1.62. The zero-order chi connectivity index (χ0) is 95.7. The maximum absolute atomic E-state index is 13.7. The van der Waals surface area contributed by atoms with E-state index in [1.807, 2.05) is 242 Å². The van der Waals surface area contributed by atoms with E-state index < -0.39 is 62.0 Å². The van der Waals surface area contributed by atoms with Gasteiger partial charge < -0.3 is 71.5 Å². The number of aryl methyl sites for hydroxylation is 2. The van der Waals surface area contributed by atoms with Crippen LogP contribution in [-0.4, -0.2) is 217 Å². The summed E-state index contributed by atoms with van der Waals surface area (Å²) in [5, 5.41) is 106. The molecule has 33 nitrogen and oxygen atoms in total. The van der Waals surface area contributed by atoms with E-state index in [4.69, 9.17) is 56.7 Å². The van der Waals surface area contributed by atoms with Crippen molar-refractivity contribution in [2.24, 2.45) is 75.5 Å². The second-order valence-corrected chi connectivity index (χ2v) is 33.4. The molecule has 0 spiro atoms. The van der Waals surface area contributed by atoms with Crippen molar-refractivity contribution >= 4 is 137 Å². The molecule has 2 atom stereocenters. The Balaban J connectivity index is 0.701. The fraction of sp³-hybridized carbons (Fsp3) is 0.260. The number of aliphatic hydroxyl groups excluding tert-OH is 7. The third-order valence-corrected chi connectivity index (χ3v) is 23.2. The van der Waals surface area contributed by atoms with E-state index in [2.05, 4.69) is 68.0 Å². The minimum absolute atomic E-state index is 0.0230. The quantitative estimate of drug-likeness (QED) is 0.00556. The van der Waals surface area contributed by atoms with Crippen LogP contribution in [0.5, 0.6) is 11.5 Å². The maximum Gasteiger partial charge on any atom is 0.338 e. The summed E-state index contributed by atoms with van der Waals surface area (Å²) in [5.74, 6) is -3.13. The van der Waals surface area contributed by atoms with Gasteiger partial charge in [0.1, 0.15) is 50.8 Å². The summed E-state index contributed by atoms with van der Waals surface area (Å²) in [6.07, 6.45) is 34.3. The van der Waals surface area contributed by atoms with Gasteiger partial charge in [0, 0.05) is 138 Å². The number of H-pyrrole nitrogens is 1. The maximum atomic E-state index is 13.7. The molecule has 1 amide bonds. The molecule has 10 heterocycles. The van der Waals surface area contributed by atoms with Gasteiger partial charge in [-0.2, -0.15) is 0 Å². The molecule has 0 aliphatic carbocycles. The minimum atomic E-state index is -1.19. The largest absolute Gasteiger partial charge is 0.495 e. The minimum Gasteiger partial charge on any atom is -0.495 e. The third kappa shape index (κ3) is 24.8. The van der Waals surface area contributed by atoms with Crippen LogP contribution in [0.1, 0.15) is 121 Å². The lowest BCUT2D eigenvalue weighted by atomic mass is 9.97. The number of unbranched alkanes of at least 4 members (excludes halogenated alkanes) is 6. The Hall–Kier alpha value is -16.6. The number of nitrogens with one attached hydrogen (secondary N) is 5. The van der Waals surface area contributed by atoms with Gasteiger partial charge in [0.25, 0.3) is 5.91 Å². The molecular formula is C104H112N23O10+3. The number of pyridine rings is 4. The number of guanidine groups is 2. The number of amides is 1. The van der Waals surface area contributed by atoms with Crippen LogP contribution in [0.4, 0.5) is 0 Å². The number of fused-ring (bicyclic) bond motifs is 9. The number of aliphatic imine (C=N–C) groups is 10. The fourth-order valence-electron chi connectivity index (χ4n) is 16.4. The first-order valence-corrected chi connectivity index (χ1v) is 45.7. The number of nitrogens with zero attached hydrogens (tertiary/aromatic N) is 15. The highest BCUT2D eigenvalue weighted by atomic mass is 16.5. The van der Waals surface area contributed by atoms with Crippen LogP contribution in [-0.2, 0) is 14.1 Å². The van der Waals surface area contributed by atoms with E-state index in [-0.39, 0.29) is 92.5 Å². The normalized spacial score (nSPS) is 15.3. The number of nitrogens with two attached hydrogens (primary N) is 3. The number of carbonyl (C=O) groups excluding carboxylic acids is 1. The zero-order valence-corrected chi connectivity index (χ0v) is 76.5. The van der Waals surface area contributed by atoms with Crippen molar-refractivity contribution < 1.29 is 64.6 Å². The number of ether oxygens (including phenoxy) is 2.